The number of carbonyl (C=O) groups is 2. The molecular formula is C32H50O6. The summed E-state index contributed by atoms with van der Waals surface area (Å²) >= 11 is 0. The summed E-state index contributed by atoms with van der Waals surface area (Å²) in [6, 6.07) is 0. The van der Waals surface area contributed by atoms with E-state index >= 15 is 0 Å². The van der Waals surface area contributed by atoms with Crippen LogP contribution >= 0.6 is 0 Å². The molecule has 0 aromatic rings. The second-order valence-electron chi connectivity index (χ2n) is 13.8. The van der Waals surface area contributed by atoms with Crippen LogP contribution in [-0.4, -0.2) is 47.6 Å². The number of fused-ring (bicyclic) bond motifs is 2. The minimum atomic E-state index is -0.320. The lowest BCUT2D eigenvalue weighted by molar-refractivity contribution is -0.185. The van der Waals surface area contributed by atoms with Crippen LogP contribution in [0.25, 0.3) is 0 Å². The molecule has 0 amide bonds. The number of rotatable bonds is 9. The zero-order valence-electron chi connectivity index (χ0n) is 23.8. The highest BCUT2D eigenvalue weighted by molar-refractivity contribution is 5.71. The van der Waals surface area contributed by atoms with E-state index in [0.29, 0.717) is 73.8 Å². The Kier molecular flexibility index (Phi) is 7.85. The molecule has 4 aliphatic carbocycles. The molecule has 0 spiro atoms. The van der Waals surface area contributed by atoms with Gasteiger partial charge < -0.3 is 18.9 Å². The van der Waals surface area contributed by atoms with E-state index in [0.717, 1.165) is 77.0 Å². The average Bonchev–Trinajstić information content (AvgIpc) is 3.83. The van der Waals surface area contributed by atoms with Crippen LogP contribution in [0.5, 0.6) is 0 Å². The molecule has 0 aromatic heterocycles. The summed E-state index contributed by atoms with van der Waals surface area (Å²) < 4.78 is 24.5. The highest BCUT2D eigenvalue weighted by atomic mass is 16.6. The normalized spacial score (nSPS) is 45.8. The van der Waals surface area contributed by atoms with Gasteiger partial charge in [-0.25, -0.2) is 0 Å². The standard InChI is InChI=1S/C32H50O6/c1-21-9-5-7-17-31(21,23-13-15-25-27(19-23)35-25)37-29(33)11-3-4-12-30(34)38-32(18-8-6-10-22(32)2)24-14-16-26-28(20-24)36-26/h21-28H,3-20H2,1-2H3. The molecule has 10 atom stereocenters. The molecule has 6 nitrogen and oxygen atoms in total. The third kappa shape index (κ3) is 5.42. The Balaban J connectivity index is 0.992. The molecule has 4 saturated carbocycles. The summed E-state index contributed by atoms with van der Waals surface area (Å²) in [7, 11) is 0. The van der Waals surface area contributed by atoms with E-state index in [4.69, 9.17) is 18.9 Å². The van der Waals surface area contributed by atoms with Gasteiger partial charge in [-0.3, -0.25) is 9.59 Å². The van der Waals surface area contributed by atoms with Crippen molar-refractivity contribution in [1.82, 2.24) is 0 Å². The van der Waals surface area contributed by atoms with Crippen molar-refractivity contribution in [2.45, 2.75) is 165 Å². The van der Waals surface area contributed by atoms with Gasteiger partial charge in [0.25, 0.3) is 0 Å². The number of ether oxygens (including phenoxy) is 4. The van der Waals surface area contributed by atoms with Crippen LogP contribution in [-0.2, 0) is 28.5 Å². The van der Waals surface area contributed by atoms with E-state index in [1.807, 2.05) is 0 Å². The molecule has 2 saturated heterocycles. The number of unbranched alkanes of at least 4 members (excludes halogenated alkanes) is 1. The summed E-state index contributed by atoms with van der Waals surface area (Å²) in [5.74, 6) is 1.49. The number of epoxide rings is 2. The highest BCUT2D eigenvalue weighted by Crippen LogP contribution is 2.53. The summed E-state index contributed by atoms with van der Waals surface area (Å²) in [6.45, 7) is 4.57. The minimum Gasteiger partial charge on any atom is -0.458 e. The van der Waals surface area contributed by atoms with Gasteiger partial charge in [-0.15, -0.1) is 0 Å². The minimum absolute atomic E-state index is 0.0791. The predicted octanol–water partition coefficient (Wildman–Crippen LogP) is 6.67. The van der Waals surface area contributed by atoms with Crippen LogP contribution < -0.4 is 0 Å². The van der Waals surface area contributed by atoms with E-state index in [2.05, 4.69) is 13.8 Å². The van der Waals surface area contributed by atoms with E-state index < -0.39 is 0 Å². The van der Waals surface area contributed by atoms with Gasteiger partial charge in [-0.1, -0.05) is 26.7 Å². The number of hydrogen-bond donors (Lipinski definition) is 0. The molecule has 0 bridgehead atoms. The second-order valence-corrected chi connectivity index (χ2v) is 13.8. The maximum absolute atomic E-state index is 13.1. The van der Waals surface area contributed by atoms with Crippen molar-refractivity contribution in [3.8, 4) is 0 Å². The van der Waals surface area contributed by atoms with Crippen molar-refractivity contribution < 1.29 is 28.5 Å². The molecule has 6 aliphatic rings. The topological polar surface area (TPSA) is 77.7 Å². The van der Waals surface area contributed by atoms with Gasteiger partial charge in [0, 0.05) is 24.7 Å². The molecular weight excluding hydrogens is 480 g/mol. The molecule has 10 unspecified atom stereocenters. The van der Waals surface area contributed by atoms with E-state index in [-0.39, 0.29) is 23.1 Å². The van der Waals surface area contributed by atoms with E-state index in [1.54, 1.807) is 0 Å². The first-order valence-corrected chi connectivity index (χ1v) is 16.1. The van der Waals surface area contributed by atoms with Crippen molar-refractivity contribution in [2.75, 3.05) is 0 Å². The third-order valence-electron chi connectivity index (χ3n) is 11.6. The van der Waals surface area contributed by atoms with E-state index in [1.165, 1.54) is 12.8 Å². The first-order chi connectivity index (χ1) is 18.4. The Labute approximate surface area is 229 Å². The van der Waals surface area contributed by atoms with Crippen LogP contribution in [0.3, 0.4) is 0 Å². The lowest BCUT2D eigenvalue weighted by Gasteiger charge is -2.48. The molecule has 38 heavy (non-hydrogen) atoms. The summed E-state index contributed by atoms with van der Waals surface area (Å²) in [5.41, 5.74) is -0.641. The first-order valence-electron chi connectivity index (χ1n) is 16.1. The number of hydrogen-bond acceptors (Lipinski definition) is 6. The Bertz CT molecular complexity index is 804. The van der Waals surface area contributed by atoms with Gasteiger partial charge in [-0.2, -0.15) is 0 Å². The zero-order chi connectivity index (χ0) is 26.3. The van der Waals surface area contributed by atoms with Crippen LogP contribution in [0, 0.1) is 23.7 Å². The fraction of sp³-hybridized carbons (Fsp3) is 0.938. The Hall–Kier alpha value is -1.14. The van der Waals surface area contributed by atoms with Crippen molar-refractivity contribution in [2.24, 2.45) is 23.7 Å². The number of esters is 2. The predicted molar refractivity (Wildman–Crippen MR) is 143 cm³/mol. The monoisotopic (exact) mass is 530 g/mol. The van der Waals surface area contributed by atoms with Gasteiger partial charge in [0.1, 0.15) is 11.2 Å². The summed E-state index contributed by atoms with van der Waals surface area (Å²) in [4.78, 5) is 26.2. The number of carbonyl (C=O) groups excluding carboxylic acids is 2. The maximum Gasteiger partial charge on any atom is 0.306 e. The summed E-state index contributed by atoms with van der Waals surface area (Å²) in [5, 5.41) is 0. The van der Waals surface area contributed by atoms with Gasteiger partial charge in [-0.05, 0) is 102 Å². The van der Waals surface area contributed by atoms with Crippen LogP contribution in [0.2, 0.25) is 0 Å². The Morgan fingerprint density at radius 2 is 1.08 bits per heavy atom. The summed E-state index contributed by atoms with van der Waals surface area (Å²) in [6.07, 6.45) is 19.4. The van der Waals surface area contributed by atoms with Gasteiger partial charge >= 0.3 is 11.9 Å². The Morgan fingerprint density at radius 1 is 0.632 bits per heavy atom. The molecule has 2 aliphatic heterocycles. The molecule has 0 aromatic carbocycles. The van der Waals surface area contributed by atoms with Crippen molar-refractivity contribution in [1.29, 1.82) is 0 Å². The maximum atomic E-state index is 13.1. The molecule has 0 N–H and O–H groups in total. The molecule has 2 heterocycles. The smallest absolute Gasteiger partial charge is 0.306 e. The molecule has 214 valence electrons. The van der Waals surface area contributed by atoms with Crippen LogP contribution in [0.4, 0.5) is 0 Å². The molecule has 6 rings (SSSR count). The zero-order valence-corrected chi connectivity index (χ0v) is 23.8. The van der Waals surface area contributed by atoms with Gasteiger partial charge in [0.05, 0.1) is 24.4 Å². The lowest BCUT2D eigenvalue weighted by atomic mass is 9.65. The van der Waals surface area contributed by atoms with Gasteiger partial charge in [0.2, 0.25) is 0 Å². The van der Waals surface area contributed by atoms with Crippen LogP contribution in [0.1, 0.15) is 129 Å². The molecule has 0 radical (unpaired) electrons. The fourth-order valence-electron chi connectivity index (χ4n) is 9.13. The quantitative estimate of drug-likeness (QED) is 0.188. The molecule has 6 heteroatoms. The average molecular weight is 531 g/mol. The second kappa shape index (κ2) is 11.0. The van der Waals surface area contributed by atoms with Crippen LogP contribution in [0.15, 0.2) is 0 Å². The fourth-order valence-corrected chi connectivity index (χ4v) is 9.13. The van der Waals surface area contributed by atoms with Crippen molar-refractivity contribution in [3.63, 3.8) is 0 Å². The third-order valence-corrected chi connectivity index (χ3v) is 11.6. The van der Waals surface area contributed by atoms with Gasteiger partial charge in [0.15, 0.2) is 0 Å². The van der Waals surface area contributed by atoms with Crippen molar-refractivity contribution in [3.05, 3.63) is 0 Å². The van der Waals surface area contributed by atoms with E-state index in [9.17, 15) is 9.59 Å². The highest BCUT2D eigenvalue weighted by Gasteiger charge is 2.56. The Morgan fingerprint density at radius 3 is 1.47 bits per heavy atom. The van der Waals surface area contributed by atoms with Crippen molar-refractivity contribution >= 4 is 11.9 Å². The molecule has 6 fully saturated rings. The largest absolute Gasteiger partial charge is 0.458 e. The SMILES string of the molecule is CC1CCCCC1(OC(=O)CCCCC(=O)OC1(C2CCC3OC3C2)CCCCC1C)C1CCC2OC2C1. The first kappa shape index (κ1) is 27.1. The lowest BCUT2D eigenvalue weighted by Crippen LogP contribution is -2.51.